The smallest absolute Gasteiger partial charge is 0.254 e. The van der Waals surface area contributed by atoms with Crippen LogP contribution < -0.4 is 5.32 Å². The zero-order valence-corrected chi connectivity index (χ0v) is 10.2. The molecule has 1 aromatic heterocycles. The van der Waals surface area contributed by atoms with Crippen LogP contribution in [0.5, 0.6) is 0 Å². The maximum Gasteiger partial charge on any atom is 0.254 e. The van der Waals surface area contributed by atoms with Gasteiger partial charge in [0, 0.05) is 11.7 Å². The van der Waals surface area contributed by atoms with E-state index >= 15 is 0 Å². The predicted octanol–water partition coefficient (Wildman–Crippen LogP) is 2.52. The predicted molar refractivity (Wildman–Crippen MR) is 61.7 cm³/mol. The van der Waals surface area contributed by atoms with Crippen molar-refractivity contribution < 1.29 is 4.79 Å². The molecule has 15 heavy (non-hydrogen) atoms. The molecule has 0 atom stereocenters. The van der Waals surface area contributed by atoms with Crippen LogP contribution in [0.3, 0.4) is 0 Å². The van der Waals surface area contributed by atoms with Gasteiger partial charge in [0.15, 0.2) is 0 Å². The average Bonchev–Trinajstić information content (AvgIpc) is 2.16. The molecule has 2 rings (SSSR count). The third kappa shape index (κ3) is 2.20. The number of halogens is 1. The molecule has 0 saturated heterocycles. The highest BCUT2D eigenvalue weighted by Crippen LogP contribution is 2.31. The lowest BCUT2D eigenvalue weighted by atomic mass is 9.78. The van der Waals surface area contributed by atoms with E-state index in [0.29, 0.717) is 10.2 Å². The Bertz CT molecular complexity index is 388. The standard InChI is InChI=1S/C11H13BrN2O/c1-11(5-3-6-11)14-10(15)8-4-2-7-13-9(8)12/h2,4,7H,3,5-6H2,1H3,(H,14,15). The van der Waals surface area contributed by atoms with Crippen LogP contribution in [0.2, 0.25) is 0 Å². The number of rotatable bonds is 2. The zero-order chi connectivity index (χ0) is 10.9. The fraction of sp³-hybridized carbons (Fsp3) is 0.455. The molecule has 0 radical (unpaired) electrons. The molecule has 0 bridgehead atoms. The van der Waals surface area contributed by atoms with E-state index in [1.807, 2.05) is 0 Å². The molecular formula is C11H13BrN2O. The lowest BCUT2D eigenvalue weighted by Gasteiger charge is -2.39. The number of hydrogen-bond donors (Lipinski definition) is 1. The van der Waals surface area contributed by atoms with Gasteiger partial charge in [-0.2, -0.15) is 0 Å². The normalized spacial score (nSPS) is 18.0. The van der Waals surface area contributed by atoms with E-state index in [-0.39, 0.29) is 11.4 Å². The SMILES string of the molecule is CC1(NC(=O)c2cccnc2Br)CCC1. The first-order chi connectivity index (χ1) is 7.11. The van der Waals surface area contributed by atoms with Gasteiger partial charge in [0.05, 0.1) is 5.56 Å². The molecule has 1 amide bonds. The maximum atomic E-state index is 11.9. The van der Waals surface area contributed by atoms with Crippen molar-refractivity contribution in [3.63, 3.8) is 0 Å². The summed E-state index contributed by atoms with van der Waals surface area (Å²) >= 11 is 3.27. The van der Waals surface area contributed by atoms with E-state index < -0.39 is 0 Å². The number of nitrogens with zero attached hydrogens (tertiary/aromatic N) is 1. The van der Waals surface area contributed by atoms with Crippen molar-refractivity contribution in [2.45, 2.75) is 31.7 Å². The summed E-state index contributed by atoms with van der Waals surface area (Å²) in [7, 11) is 0. The summed E-state index contributed by atoms with van der Waals surface area (Å²) in [5.41, 5.74) is 0.595. The van der Waals surface area contributed by atoms with E-state index in [4.69, 9.17) is 0 Å². The highest BCUT2D eigenvalue weighted by Gasteiger charge is 2.33. The average molecular weight is 269 g/mol. The number of amides is 1. The molecular weight excluding hydrogens is 256 g/mol. The molecule has 1 saturated carbocycles. The number of carbonyl (C=O) groups excluding carboxylic acids is 1. The Hall–Kier alpha value is -0.900. The number of hydrogen-bond acceptors (Lipinski definition) is 2. The third-order valence-electron chi connectivity index (χ3n) is 2.88. The quantitative estimate of drug-likeness (QED) is 0.838. The zero-order valence-electron chi connectivity index (χ0n) is 8.59. The molecule has 3 nitrogen and oxygen atoms in total. The molecule has 0 aromatic carbocycles. The topological polar surface area (TPSA) is 42.0 Å². The van der Waals surface area contributed by atoms with Crippen LogP contribution in [0.4, 0.5) is 0 Å². The Labute approximate surface area is 97.4 Å². The van der Waals surface area contributed by atoms with Crippen LogP contribution >= 0.6 is 15.9 Å². The molecule has 80 valence electrons. The Kier molecular flexibility index (Phi) is 2.78. The summed E-state index contributed by atoms with van der Waals surface area (Å²) in [6, 6.07) is 3.54. The van der Waals surface area contributed by atoms with Gasteiger partial charge in [-0.05, 0) is 54.2 Å². The molecule has 1 N–H and O–H groups in total. The highest BCUT2D eigenvalue weighted by molar-refractivity contribution is 9.10. The second-order valence-corrected chi connectivity index (χ2v) is 4.96. The van der Waals surface area contributed by atoms with Gasteiger partial charge < -0.3 is 5.32 Å². The molecule has 0 aliphatic heterocycles. The summed E-state index contributed by atoms with van der Waals surface area (Å²) in [5, 5.41) is 3.04. The van der Waals surface area contributed by atoms with Crippen molar-refractivity contribution >= 4 is 21.8 Å². The number of nitrogens with one attached hydrogen (secondary N) is 1. The first kappa shape index (κ1) is 10.6. The van der Waals surface area contributed by atoms with Crippen LogP contribution in [0, 0.1) is 0 Å². The van der Waals surface area contributed by atoms with Gasteiger partial charge >= 0.3 is 0 Å². The number of aromatic nitrogens is 1. The van der Waals surface area contributed by atoms with Crippen molar-refractivity contribution in [3.05, 3.63) is 28.5 Å². The molecule has 1 aliphatic carbocycles. The van der Waals surface area contributed by atoms with Crippen molar-refractivity contribution in [2.75, 3.05) is 0 Å². The Morgan fingerprint density at radius 1 is 1.60 bits per heavy atom. The number of pyridine rings is 1. The summed E-state index contributed by atoms with van der Waals surface area (Å²) < 4.78 is 0.602. The minimum Gasteiger partial charge on any atom is -0.347 e. The van der Waals surface area contributed by atoms with Crippen molar-refractivity contribution in [1.29, 1.82) is 0 Å². The number of carbonyl (C=O) groups is 1. The second-order valence-electron chi connectivity index (χ2n) is 4.21. The lowest BCUT2D eigenvalue weighted by molar-refractivity contribution is 0.0849. The Balaban J connectivity index is 2.11. The first-order valence-corrected chi connectivity index (χ1v) is 5.83. The molecule has 1 fully saturated rings. The van der Waals surface area contributed by atoms with Crippen molar-refractivity contribution in [3.8, 4) is 0 Å². The Morgan fingerprint density at radius 3 is 2.87 bits per heavy atom. The van der Waals surface area contributed by atoms with Gasteiger partial charge in [0.25, 0.3) is 5.91 Å². The van der Waals surface area contributed by atoms with E-state index in [9.17, 15) is 4.79 Å². The molecule has 1 aliphatic rings. The van der Waals surface area contributed by atoms with Gasteiger partial charge in [-0.25, -0.2) is 4.98 Å². The molecule has 0 unspecified atom stereocenters. The highest BCUT2D eigenvalue weighted by atomic mass is 79.9. The van der Waals surface area contributed by atoms with Gasteiger partial charge in [0.2, 0.25) is 0 Å². The summed E-state index contributed by atoms with van der Waals surface area (Å²) in [6.07, 6.45) is 4.99. The van der Waals surface area contributed by atoms with Crippen molar-refractivity contribution in [2.24, 2.45) is 0 Å². The first-order valence-electron chi connectivity index (χ1n) is 5.04. The summed E-state index contributed by atoms with van der Waals surface area (Å²) in [5.74, 6) is -0.0443. The minimum absolute atomic E-state index is 0.00757. The molecule has 1 aromatic rings. The van der Waals surface area contributed by atoms with E-state index in [2.05, 4.69) is 33.2 Å². The van der Waals surface area contributed by atoms with Crippen molar-refractivity contribution in [1.82, 2.24) is 10.3 Å². The maximum absolute atomic E-state index is 11.9. The van der Waals surface area contributed by atoms with Gasteiger partial charge in [-0.1, -0.05) is 0 Å². The Morgan fingerprint density at radius 2 is 2.33 bits per heavy atom. The van der Waals surface area contributed by atoms with Crippen LogP contribution in [0.15, 0.2) is 22.9 Å². The minimum atomic E-state index is -0.0443. The fourth-order valence-corrected chi connectivity index (χ4v) is 2.16. The monoisotopic (exact) mass is 268 g/mol. The lowest BCUT2D eigenvalue weighted by Crippen LogP contribution is -2.51. The van der Waals surface area contributed by atoms with Gasteiger partial charge in [0.1, 0.15) is 4.60 Å². The van der Waals surface area contributed by atoms with Gasteiger partial charge in [-0.3, -0.25) is 4.79 Å². The fourth-order valence-electron chi connectivity index (χ4n) is 1.73. The van der Waals surface area contributed by atoms with Crippen LogP contribution in [0.1, 0.15) is 36.5 Å². The van der Waals surface area contributed by atoms with Crippen LogP contribution in [0.25, 0.3) is 0 Å². The summed E-state index contributed by atoms with van der Waals surface area (Å²) in [4.78, 5) is 15.9. The van der Waals surface area contributed by atoms with E-state index in [1.165, 1.54) is 6.42 Å². The van der Waals surface area contributed by atoms with E-state index in [1.54, 1.807) is 18.3 Å². The van der Waals surface area contributed by atoms with Crippen LogP contribution in [-0.4, -0.2) is 16.4 Å². The molecule has 0 spiro atoms. The molecule has 4 heteroatoms. The van der Waals surface area contributed by atoms with E-state index in [0.717, 1.165) is 12.8 Å². The van der Waals surface area contributed by atoms with Gasteiger partial charge in [-0.15, -0.1) is 0 Å². The third-order valence-corrected chi connectivity index (χ3v) is 3.51. The second kappa shape index (κ2) is 3.93. The van der Waals surface area contributed by atoms with Crippen LogP contribution in [-0.2, 0) is 0 Å². The largest absolute Gasteiger partial charge is 0.347 e. The summed E-state index contributed by atoms with van der Waals surface area (Å²) in [6.45, 7) is 2.08. The molecule has 1 heterocycles.